The molecule has 26 heavy (non-hydrogen) atoms. The lowest BCUT2D eigenvalue weighted by Crippen LogP contribution is -2.31. The number of ether oxygens (including phenoxy) is 2. The second kappa shape index (κ2) is 7.03. The average Bonchev–Trinajstić information content (AvgIpc) is 3.14. The number of rotatable bonds is 7. The zero-order valence-corrected chi connectivity index (χ0v) is 14.6. The van der Waals surface area contributed by atoms with E-state index >= 15 is 0 Å². The molecule has 138 valence electrons. The van der Waals surface area contributed by atoms with Crippen LogP contribution < -0.4 is 14.8 Å². The number of fused-ring (bicyclic) bond motifs is 1. The van der Waals surface area contributed by atoms with Gasteiger partial charge in [-0.2, -0.15) is 5.10 Å². The van der Waals surface area contributed by atoms with Gasteiger partial charge in [0.1, 0.15) is 31.1 Å². The molecule has 9 heteroatoms. The van der Waals surface area contributed by atoms with Crippen LogP contribution in [-0.2, 0) is 17.8 Å². The summed E-state index contributed by atoms with van der Waals surface area (Å²) >= 11 is 0. The molecule has 0 unspecified atom stereocenters. The number of benzene rings is 1. The van der Waals surface area contributed by atoms with Crippen molar-refractivity contribution in [2.24, 2.45) is 0 Å². The van der Waals surface area contributed by atoms with Crippen LogP contribution in [0.15, 0.2) is 30.6 Å². The predicted molar refractivity (Wildman–Crippen MR) is 92.2 cm³/mol. The van der Waals surface area contributed by atoms with Crippen molar-refractivity contribution in [3.63, 3.8) is 0 Å². The zero-order valence-electron chi connectivity index (χ0n) is 14.6. The Labute approximate surface area is 150 Å². The molecule has 1 amide bonds. The maximum atomic E-state index is 11.9. The van der Waals surface area contributed by atoms with Gasteiger partial charge < -0.3 is 14.8 Å². The molecule has 1 aromatic carbocycles. The SMILES string of the molecule is CC1(C)Cc2cccc(OCCNC(=O)Cn3cc([N+](=O)[O-])cn3)c2O1. The number of aromatic nitrogens is 2. The standard InChI is InChI=1S/C17H20N4O5/c1-17(2)8-12-4-3-5-14(16(12)26-17)25-7-6-18-15(22)11-20-10-13(9-19-20)21(23)24/h3-5,9-10H,6-8,11H2,1-2H3,(H,18,22). The molecule has 0 spiro atoms. The Morgan fingerprint density at radius 1 is 1.50 bits per heavy atom. The number of para-hydroxylation sites is 1. The lowest BCUT2D eigenvalue weighted by molar-refractivity contribution is -0.385. The van der Waals surface area contributed by atoms with Gasteiger partial charge >= 0.3 is 5.69 Å². The maximum Gasteiger partial charge on any atom is 0.307 e. The third-order valence-corrected chi connectivity index (χ3v) is 3.87. The first-order valence-corrected chi connectivity index (χ1v) is 8.21. The van der Waals surface area contributed by atoms with Crippen LogP contribution in [0, 0.1) is 10.1 Å². The van der Waals surface area contributed by atoms with Crippen molar-refractivity contribution in [1.29, 1.82) is 0 Å². The highest BCUT2D eigenvalue weighted by molar-refractivity contribution is 5.75. The van der Waals surface area contributed by atoms with E-state index in [0.29, 0.717) is 12.3 Å². The molecule has 9 nitrogen and oxygen atoms in total. The van der Waals surface area contributed by atoms with E-state index in [0.717, 1.165) is 23.9 Å². The summed E-state index contributed by atoms with van der Waals surface area (Å²) in [5.74, 6) is 1.11. The molecular formula is C17H20N4O5. The van der Waals surface area contributed by atoms with E-state index in [4.69, 9.17) is 9.47 Å². The van der Waals surface area contributed by atoms with Gasteiger partial charge in [-0.05, 0) is 19.9 Å². The molecule has 0 aliphatic carbocycles. The Morgan fingerprint density at radius 3 is 3.04 bits per heavy atom. The second-order valence-electron chi connectivity index (χ2n) is 6.63. The van der Waals surface area contributed by atoms with Gasteiger partial charge in [-0.25, -0.2) is 0 Å². The van der Waals surface area contributed by atoms with Crippen LogP contribution in [0.5, 0.6) is 11.5 Å². The van der Waals surface area contributed by atoms with Gasteiger partial charge in [0.15, 0.2) is 11.5 Å². The Balaban J connectivity index is 1.45. The fourth-order valence-corrected chi connectivity index (χ4v) is 2.79. The number of carbonyl (C=O) groups excluding carboxylic acids is 1. The second-order valence-corrected chi connectivity index (χ2v) is 6.63. The molecule has 1 N–H and O–H groups in total. The fourth-order valence-electron chi connectivity index (χ4n) is 2.79. The van der Waals surface area contributed by atoms with Crippen molar-refractivity contribution in [2.75, 3.05) is 13.2 Å². The largest absolute Gasteiger partial charge is 0.488 e. The summed E-state index contributed by atoms with van der Waals surface area (Å²) in [5.41, 5.74) is 0.710. The van der Waals surface area contributed by atoms with Gasteiger partial charge in [-0.1, -0.05) is 12.1 Å². The Morgan fingerprint density at radius 2 is 2.31 bits per heavy atom. The van der Waals surface area contributed by atoms with E-state index < -0.39 is 4.92 Å². The highest BCUT2D eigenvalue weighted by Gasteiger charge is 2.32. The molecule has 1 aromatic heterocycles. The third-order valence-electron chi connectivity index (χ3n) is 3.87. The molecule has 1 aliphatic heterocycles. The first-order valence-electron chi connectivity index (χ1n) is 8.21. The quantitative estimate of drug-likeness (QED) is 0.457. The summed E-state index contributed by atoms with van der Waals surface area (Å²) in [6.45, 7) is 4.54. The molecule has 0 fully saturated rings. The van der Waals surface area contributed by atoms with E-state index in [-0.39, 0.29) is 30.3 Å². The average molecular weight is 360 g/mol. The summed E-state index contributed by atoms with van der Waals surface area (Å²) in [7, 11) is 0. The minimum Gasteiger partial charge on any atom is -0.488 e. The number of carbonyl (C=O) groups is 1. The third kappa shape index (κ3) is 4.11. The van der Waals surface area contributed by atoms with Gasteiger partial charge in [0.2, 0.25) is 5.91 Å². The van der Waals surface area contributed by atoms with Crippen molar-refractivity contribution in [1.82, 2.24) is 15.1 Å². The molecule has 0 saturated heterocycles. The van der Waals surface area contributed by atoms with E-state index in [9.17, 15) is 14.9 Å². The van der Waals surface area contributed by atoms with Crippen LogP contribution >= 0.6 is 0 Å². The Bertz CT molecular complexity index is 830. The molecular weight excluding hydrogens is 340 g/mol. The van der Waals surface area contributed by atoms with E-state index in [1.807, 2.05) is 32.0 Å². The first kappa shape index (κ1) is 17.7. The van der Waals surface area contributed by atoms with E-state index in [2.05, 4.69) is 10.4 Å². The highest BCUT2D eigenvalue weighted by atomic mass is 16.6. The van der Waals surface area contributed by atoms with Crippen LogP contribution in [0.1, 0.15) is 19.4 Å². The molecule has 0 atom stereocenters. The summed E-state index contributed by atoms with van der Waals surface area (Å²) in [5, 5.41) is 17.1. The predicted octanol–water partition coefficient (Wildman–Crippen LogP) is 1.70. The van der Waals surface area contributed by atoms with Crippen molar-refractivity contribution in [3.05, 3.63) is 46.3 Å². The molecule has 1 aliphatic rings. The lowest BCUT2D eigenvalue weighted by atomic mass is 10.0. The van der Waals surface area contributed by atoms with Crippen molar-refractivity contribution < 1.29 is 19.2 Å². The minimum atomic E-state index is -0.559. The number of amides is 1. The van der Waals surface area contributed by atoms with Gasteiger partial charge in [-0.3, -0.25) is 19.6 Å². The van der Waals surface area contributed by atoms with E-state index in [1.165, 1.54) is 10.9 Å². The van der Waals surface area contributed by atoms with Crippen molar-refractivity contribution in [2.45, 2.75) is 32.4 Å². The van der Waals surface area contributed by atoms with Gasteiger partial charge in [0.05, 0.1) is 11.5 Å². The fraction of sp³-hybridized carbons (Fsp3) is 0.412. The molecule has 2 aromatic rings. The Kier molecular flexibility index (Phi) is 4.79. The van der Waals surface area contributed by atoms with Crippen molar-refractivity contribution >= 4 is 11.6 Å². The summed E-state index contributed by atoms with van der Waals surface area (Å²) in [6, 6.07) is 5.77. The van der Waals surface area contributed by atoms with Gasteiger partial charge in [0, 0.05) is 12.0 Å². The summed E-state index contributed by atoms with van der Waals surface area (Å²) in [6.07, 6.45) is 3.14. The Hall–Kier alpha value is -3.10. The molecule has 0 bridgehead atoms. The maximum absolute atomic E-state index is 11.9. The van der Waals surface area contributed by atoms with Crippen molar-refractivity contribution in [3.8, 4) is 11.5 Å². The molecule has 0 radical (unpaired) electrons. The summed E-state index contributed by atoms with van der Waals surface area (Å²) in [4.78, 5) is 21.9. The molecule has 2 heterocycles. The number of hydrogen-bond donors (Lipinski definition) is 1. The van der Waals surface area contributed by atoms with Crippen LogP contribution in [0.2, 0.25) is 0 Å². The monoisotopic (exact) mass is 360 g/mol. The van der Waals surface area contributed by atoms with Crippen LogP contribution in [0.4, 0.5) is 5.69 Å². The van der Waals surface area contributed by atoms with Crippen LogP contribution in [-0.4, -0.2) is 39.4 Å². The molecule has 0 saturated carbocycles. The van der Waals surface area contributed by atoms with Crippen LogP contribution in [0.25, 0.3) is 0 Å². The lowest BCUT2D eigenvalue weighted by Gasteiger charge is -2.18. The summed E-state index contributed by atoms with van der Waals surface area (Å²) < 4.78 is 12.9. The first-order chi connectivity index (χ1) is 12.3. The zero-order chi connectivity index (χ0) is 18.7. The molecule has 3 rings (SSSR count). The normalized spacial score (nSPS) is 14.4. The van der Waals surface area contributed by atoms with E-state index in [1.54, 1.807) is 0 Å². The minimum absolute atomic E-state index is 0.0914. The topological polar surface area (TPSA) is 109 Å². The smallest absolute Gasteiger partial charge is 0.307 e. The number of nitrogens with one attached hydrogen (secondary N) is 1. The van der Waals surface area contributed by atoms with Gasteiger partial charge in [0.25, 0.3) is 0 Å². The number of nitro groups is 1. The van der Waals surface area contributed by atoms with Gasteiger partial charge in [-0.15, -0.1) is 0 Å². The number of nitrogens with zero attached hydrogens (tertiary/aromatic N) is 3. The van der Waals surface area contributed by atoms with Crippen LogP contribution in [0.3, 0.4) is 0 Å². The number of hydrogen-bond acceptors (Lipinski definition) is 6. The highest BCUT2D eigenvalue weighted by Crippen LogP contribution is 2.41.